The number of nitrogens with one attached hydrogen (secondary N) is 2. The normalized spacial score (nSPS) is 15.2. The molecule has 0 radical (unpaired) electrons. The molecule has 1 aliphatic rings. The number of sulfonamides is 1. The Morgan fingerprint density at radius 3 is 2.17 bits per heavy atom. The summed E-state index contributed by atoms with van der Waals surface area (Å²) in [5.41, 5.74) is 1.93. The Hall–Kier alpha value is -3.53. The van der Waals surface area contributed by atoms with E-state index in [0.717, 1.165) is 5.56 Å². The fourth-order valence-corrected chi connectivity index (χ4v) is 5.21. The summed E-state index contributed by atoms with van der Waals surface area (Å²) in [6.45, 7) is 3.20. The lowest BCUT2D eigenvalue weighted by atomic mass is 10.1. The van der Waals surface area contributed by atoms with Crippen molar-refractivity contribution in [1.82, 2.24) is 9.62 Å². The van der Waals surface area contributed by atoms with Crippen molar-refractivity contribution in [3.63, 3.8) is 0 Å². The maximum Gasteiger partial charge on any atom is 0.255 e. The van der Waals surface area contributed by atoms with Crippen LogP contribution in [0.3, 0.4) is 0 Å². The van der Waals surface area contributed by atoms with E-state index in [4.69, 9.17) is 4.74 Å². The largest absolute Gasteiger partial charge is 0.379 e. The number of hydrogen-bond acceptors (Lipinski definition) is 5. The molecule has 35 heavy (non-hydrogen) atoms. The summed E-state index contributed by atoms with van der Waals surface area (Å²) in [6, 6.07) is 21.9. The van der Waals surface area contributed by atoms with E-state index in [1.54, 1.807) is 24.3 Å². The van der Waals surface area contributed by atoms with E-state index < -0.39 is 15.9 Å². The number of nitrogens with zero attached hydrogens (tertiary/aromatic N) is 1. The van der Waals surface area contributed by atoms with Crippen LogP contribution in [0.25, 0.3) is 0 Å². The number of rotatable bonds is 7. The molecular weight excluding hydrogens is 466 g/mol. The molecule has 0 bridgehead atoms. The third-order valence-electron chi connectivity index (χ3n) is 5.79. The molecule has 0 spiro atoms. The molecule has 1 heterocycles. The monoisotopic (exact) mass is 493 g/mol. The van der Waals surface area contributed by atoms with Gasteiger partial charge in [0.25, 0.3) is 11.8 Å². The number of ether oxygens (including phenoxy) is 1. The third-order valence-corrected chi connectivity index (χ3v) is 7.70. The Morgan fingerprint density at radius 1 is 0.857 bits per heavy atom. The zero-order chi connectivity index (χ0) is 24.8. The van der Waals surface area contributed by atoms with E-state index in [-0.39, 0.29) is 22.4 Å². The topological polar surface area (TPSA) is 105 Å². The molecule has 1 fully saturated rings. The first-order chi connectivity index (χ1) is 16.9. The minimum absolute atomic E-state index is 0.116. The molecule has 8 nitrogen and oxygen atoms in total. The summed E-state index contributed by atoms with van der Waals surface area (Å²) < 4.78 is 32.2. The number of carbonyl (C=O) groups excluding carboxylic acids is 2. The van der Waals surface area contributed by atoms with Gasteiger partial charge in [-0.15, -0.1) is 0 Å². The van der Waals surface area contributed by atoms with E-state index in [9.17, 15) is 18.0 Å². The predicted octanol–water partition coefficient (Wildman–Crippen LogP) is 3.45. The van der Waals surface area contributed by atoms with Gasteiger partial charge in [0.2, 0.25) is 10.0 Å². The molecule has 2 amide bonds. The molecule has 9 heteroatoms. The summed E-state index contributed by atoms with van der Waals surface area (Å²) in [6.07, 6.45) is 0. The third kappa shape index (κ3) is 5.76. The average molecular weight is 494 g/mol. The fraction of sp³-hybridized carbons (Fsp3) is 0.231. The predicted molar refractivity (Wildman–Crippen MR) is 133 cm³/mol. The van der Waals surface area contributed by atoms with Gasteiger partial charge >= 0.3 is 0 Å². The van der Waals surface area contributed by atoms with Crippen LogP contribution in [-0.2, 0) is 14.8 Å². The molecule has 1 aliphatic heterocycles. The van der Waals surface area contributed by atoms with Crippen molar-refractivity contribution in [1.29, 1.82) is 0 Å². The number of para-hydroxylation sites is 1. The Kier molecular flexibility index (Phi) is 7.60. The van der Waals surface area contributed by atoms with Crippen molar-refractivity contribution >= 4 is 27.5 Å². The van der Waals surface area contributed by atoms with Gasteiger partial charge in [0, 0.05) is 18.7 Å². The van der Waals surface area contributed by atoms with Crippen molar-refractivity contribution < 1.29 is 22.7 Å². The van der Waals surface area contributed by atoms with Gasteiger partial charge in [-0.1, -0.05) is 42.5 Å². The zero-order valence-electron chi connectivity index (χ0n) is 19.3. The molecule has 3 aromatic carbocycles. The maximum atomic E-state index is 12.9. The first-order valence-corrected chi connectivity index (χ1v) is 12.7. The lowest BCUT2D eigenvalue weighted by Gasteiger charge is -2.26. The number of benzene rings is 3. The summed E-state index contributed by atoms with van der Waals surface area (Å²) in [5.74, 6) is -0.763. The van der Waals surface area contributed by atoms with Crippen LogP contribution in [0.1, 0.15) is 39.2 Å². The van der Waals surface area contributed by atoms with Crippen LogP contribution in [0.5, 0.6) is 0 Å². The second kappa shape index (κ2) is 10.8. The van der Waals surface area contributed by atoms with E-state index >= 15 is 0 Å². The smallest absolute Gasteiger partial charge is 0.255 e. The second-order valence-corrected chi connectivity index (χ2v) is 10.1. The van der Waals surface area contributed by atoms with Crippen molar-refractivity contribution in [3.05, 3.63) is 95.6 Å². The Morgan fingerprint density at radius 2 is 1.49 bits per heavy atom. The van der Waals surface area contributed by atoms with E-state index in [2.05, 4.69) is 10.6 Å². The minimum Gasteiger partial charge on any atom is -0.379 e. The highest BCUT2D eigenvalue weighted by molar-refractivity contribution is 7.89. The Balaban J connectivity index is 1.46. The minimum atomic E-state index is -3.65. The fourth-order valence-electron chi connectivity index (χ4n) is 3.80. The van der Waals surface area contributed by atoms with E-state index in [0.29, 0.717) is 37.6 Å². The highest BCUT2D eigenvalue weighted by Crippen LogP contribution is 2.21. The van der Waals surface area contributed by atoms with E-state index in [1.807, 2.05) is 37.3 Å². The number of carbonyl (C=O) groups is 2. The molecular formula is C26H27N3O5S. The van der Waals surface area contributed by atoms with Crippen LogP contribution in [0, 0.1) is 0 Å². The number of hydrogen-bond donors (Lipinski definition) is 2. The Labute approximate surface area is 205 Å². The van der Waals surface area contributed by atoms with Crippen molar-refractivity contribution in [3.8, 4) is 0 Å². The number of morpholine rings is 1. The summed E-state index contributed by atoms with van der Waals surface area (Å²) in [4.78, 5) is 25.9. The summed E-state index contributed by atoms with van der Waals surface area (Å²) in [5, 5.41) is 5.72. The molecule has 1 atom stereocenters. The second-order valence-electron chi connectivity index (χ2n) is 8.15. The van der Waals surface area contributed by atoms with Crippen LogP contribution >= 0.6 is 0 Å². The van der Waals surface area contributed by atoms with Crippen molar-refractivity contribution in [2.24, 2.45) is 0 Å². The molecule has 0 unspecified atom stereocenters. The highest BCUT2D eigenvalue weighted by atomic mass is 32.2. The first-order valence-electron chi connectivity index (χ1n) is 11.3. The molecule has 4 rings (SSSR count). The molecule has 0 aromatic heterocycles. The molecule has 1 saturated heterocycles. The number of amides is 2. The van der Waals surface area contributed by atoms with Gasteiger partial charge in [-0.2, -0.15) is 4.31 Å². The molecule has 0 saturated carbocycles. The SMILES string of the molecule is C[C@H](NC(=O)c1ccccc1NC(=O)c1ccc(S(=O)(=O)N2CCOCC2)cc1)c1ccccc1. The highest BCUT2D eigenvalue weighted by Gasteiger charge is 2.26. The van der Waals surface area contributed by atoms with Crippen LogP contribution in [0.4, 0.5) is 5.69 Å². The maximum absolute atomic E-state index is 12.9. The Bertz CT molecular complexity index is 1290. The summed E-state index contributed by atoms with van der Waals surface area (Å²) in [7, 11) is -3.65. The van der Waals surface area contributed by atoms with Crippen LogP contribution in [-0.4, -0.2) is 50.8 Å². The molecule has 182 valence electrons. The van der Waals surface area contributed by atoms with Crippen LogP contribution in [0.2, 0.25) is 0 Å². The molecule has 2 N–H and O–H groups in total. The molecule has 3 aromatic rings. The van der Waals surface area contributed by atoms with Gasteiger partial charge in [-0.25, -0.2) is 8.42 Å². The zero-order valence-corrected chi connectivity index (χ0v) is 20.1. The average Bonchev–Trinajstić information content (AvgIpc) is 2.90. The standard InChI is InChI=1S/C26H27N3O5S/c1-19(20-7-3-2-4-8-20)27-26(31)23-9-5-6-10-24(23)28-25(30)21-11-13-22(14-12-21)35(32,33)29-15-17-34-18-16-29/h2-14,19H,15-18H2,1H3,(H,27,31)(H,28,30)/t19-/m0/s1. The van der Waals surface area contributed by atoms with Crippen molar-refractivity contribution in [2.45, 2.75) is 17.9 Å². The van der Waals surface area contributed by atoms with Crippen LogP contribution < -0.4 is 10.6 Å². The van der Waals surface area contributed by atoms with Gasteiger partial charge in [-0.05, 0) is 48.9 Å². The van der Waals surface area contributed by atoms with E-state index in [1.165, 1.54) is 28.6 Å². The lowest BCUT2D eigenvalue weighted by molar-refractivity contribution is 0.0730. The first kappa shape index (κ1) is 24.6. The quantitative estimate of drug-likeness (QED) is 0.525. The summed E-state index contributed by atoms with van der Waals surface area (Å²) >= 11 is 0. The van der Waals surface area contributed by atoms with Gasteiger partial charge in [0.1, 0.15) is 0 Å². The lowest BCUT2D eigenvalue weighted by Crippen LogP contribution is -2.40. The van der Waals surface area contributed by atoms with Gasteiger partial charge in [0.05, 0.1) is 35.4 Å². The molecule has 0 aliphatic carbocycles. The number of anilines is 1. The van der Waals surface area contributed by atoms with Gasteiger partial charge in [0.15, 0.2) is 0 Å². The van der Waals surface area contributed by atoms with Gasteiger partial charge < -0.3 is 15.4 Å². The van der Waals surface area contributed by atoms with Crippen molar-refractivity contribution in [2.75, 3.05) is 31.6 Å². The van der Waals surface area contributed by atoms with Crippen LogP contribution in [0.15, 0.2) is 83.8 Å². The van der Waals surface area contributed by atoms with Gasteiger partial charge in [-0.3, -0.25) is 9.59 Å².